The third-order valence-electron chi connectivity index (χ3n) is 4.72. The summed E-state index contributed by atoms with van der Waals surface area (Å²) in [5.74, 6) is 0.743. The molecule has 2 amide bonds. The lowest BCUT2D eigenvalue weighted by molar-refractivity contribution is 0.244. The predicted octanol–water partition coefficient (Wildman–Crippen LogP) is 3.56. The van der Waals surface area contributed by atoms with Crippen LogP contribution in [0.3, 0.4) is 0 Å². The highest BCUT2D eigenvalue weighted by atomic mass is 35.5. The van der Waals surface area contributed by atoms with Gasteiger partial charge in [0.15, 0.2) is 0 Å². The highest BCUT2D eigenvalue weighted by molar-refractivity contribution is 7.89. The number of hydrogen-bond acceptors (Lipinski definition) is 5. The number of anilines is 2. The number of carbonyl (C=O) groups excluding carboxylic acids is 1. The van der Waals surface area contributed by atoms with Crippen molar-refractivity contribution in [1.29, 1.82) is 0 Å². The fourth-order valence-corrected chi connectivity index (χ4v) is 4.86. The smallest absolute Gasteiger partial charge is 0.319 e. The summed E-state index contributed by atoms with van der Waals surface area (Å²) in [6, 6.07) is 9.56. The standard InChI is InChI=1S/C21H28ClN5O3S/c1-21(2,3)25-20(28)24-17-7-10-19(23-15-17)26-11-4-12-27(14-13-26)31(29,30)18-8-5-16(22)6-9-18/h5-10,15H,4,11-14H2,1-3H3,(H2,24,25,28). The van der Waals surface area contributed by atoms with Gasteiger partial charge in [-0.2, -0.15) is 4.31 Å². The molecular weight excluding hydrogens is 438 g/mol. The minimum absolute atomic E-state index is 0.243. The fraction of sp³-hybridized carbons (Fsp3) is 0.429. The number of urea groups is 1. The number of rotatable bonds is 4. The number of hydrogen-bond donors (Lipinski definition) is 2. The molecule has 1 aromatic heterocycles. The Bertz CT molecular complexity index is 1000. The Kier molecular flexibility index (Phi) is 7.08. The van der Waals surface area contributed by atoms with Gasteiger partial charge in [-0.15, -0.1) is 0 Å². The van der Waals surface area contributed by atoms with Crippen LogP contribution in [0.4, 0.5) is 16.3 Å². The Morgan fingerprint density at radius 1 is 1.03 bits per heavy atom. The van der Waals surface area contributed by atoms with Crippen molar-refractivity contribution in [3.05, 3.63) is 47.6 Å². The van der Waals surface area contributed by atoms with E-state index in [1.165, 1.54) is 16.4 Å². The minimum atomic E-state index is -3.57. The lowest BCUT2D eigenvalue weighted by Crippen LogP contribution is -2.43. The Hall–Kier alpha value is -2.36. The van der Waals surface area contributed by atoms with Crippen molar-refractivity contribution in [2.45, 2.75) is 37.6 Å². The Balaban J connectivity index is 1.63. The molecule has 0 atom stereocenters. The van der Waals surface area contributed by atoms with E-state index in [0.29, 0.717) is 43.3 Å². The summed E-state index contributed by atoms with van der Waals surface area (Å²) in [7, 11) is -3.57. The van der Waals surface area contributed by atoms with Crippen molar-refractivity contribution >= 4 is 39.2 Å². The van der Waals surface area contributed by atoms with Gasteiger partial charge in [-0.1, -0.05) is 11.6 Å². The van der Waals surface area contributed by atoms with Crippen molar-refractivity contribution in [2.75, 3.05) is 36.4 Å². The van der Waals surface area contributed by atoms with E-state index in [-0.39, 0.29) is 16.5 Å². The molecule has 8 nitrogen and oxygen atoms in total. The van der Waals surface area contributed by atoms with E-state index in [9.17, 15) is 13.2 Å². The summed E-state index contributed by atoms with van der Waals surface area (Å²) < 4.78 is 27.4. The van der Waals surface area contributed by atoms with Gasteiger partial charge in [-0.05, 0) is 63.6 Å². The van der Waals surface area contributed by atoms with Crippen LogP contribution in [0.25, 0.3) is 0 Å². The number of aromatic nitrogens is 1. The largest absolute Gasteiger partial charge is 0.355 e. The Labute approximate surface area is 188 Å². The number of nitrogens with zero attached hydrogens (tertiary/aromatic N) is 3. The van der Waals surface area contributed by atoms with Gasteiger partial charge in [0.1, 0.15) is 5.82 Å². The average Bonchev–Trinajstić information content (AvgIpc) is 2.94. The molecule has 0 bridgehead atoms. The maximum absolute atomic E-state index is 12.9. The van der Waals surface area contributed by atoms with Crippen LogP contribution in [0.2, 0.25) is 5.02 Å². The zero-order valence-corrected chi connectivity index (χ0v) is 19.5. The number of carbonyl (C=O) groups is 1. The summed E-state index contributed by atoms with van der Waals surface area (Å²) in [6.45, 7) is 7.74. The van der Waals surface area contributed by atoms with Gasteiger partial charge in [-0.3, -0.25) is 0 Å². The molecule has 0 aliphatic carbocycles. The molecule has 0 saturated carbocycles. The first kappa shape index (κ1) is 23.3. The normalized spacial score (nSPS) is 15.9. The van der Waals surface area contributed by atoms with E-state index in [1.54, 1.807) is 24.4 Å². The van der Waals surface area contributed by atoms with Crippen LogP contribution in [0.15, 0.2) is 47.5 Å². The number of amides is 2. The zero-order chi connectivity index (χ0) is 22.6. The van der Waals surface area contributed by atoms with E-state index < -0.39 is 10.0 Å². The second kappa shape index (κ2) is 9.42. The Morgan fingerprint density at radius 2 is 1.74 bits per heavy atom. The molecule has 0 unspecified atom stereocenters. The van der Waals surface area contributed by atoms with Gasteiger partial charge in [0.2, 0.25) is 10.0 Å². The van der Waals surface area contributed by atoms with Gasteiger partial charge in [0.05, 0.1) is 16.8 Å². The highest BCUT2D eigenvalue weighted by Gasteiger charge is 2.27. The van der Waals surface area contributed by atoms with Crippen LogP contribution in [0, 0.1) is 0 Å². The average molecular weight is 466 g/mol. The molecule has 2 heterocycles. The molecule has 1 aliphatic heterocycles. The molecule has 1 fully saturated rings. The van der Waals surface area contributed by atoms with Gasteiger partial charge < -0.3 is 15.5 Å². The van der Waals surface area contributed by atoms with Gasteiger partial charge in [0, 0.05) is 36.7 Å². The van der Waals surface area contributed by atoms with Crippen LogP contribution in [-0.2, 0) is 10.0 Å². The fourth-order valence-electron chi connectivity index (χ4n) is 3.27. The van der Waals surface area contributed by atoms with Crippen LogP contribution < -0.4 is 15.5 Å². The van der Waals surface area contributed by atoms with Crippen molar-refractivity contribution < 1.29 is 13.2 Å². The van der Waals surface area contributed by atoms with E-state index in [4.69, 9.17) is 11.6 Å². The number of nitrogens with one attached hydrogen (secondary N) is 2. The van der Waals surface area contributed by atoms with E-state index in [1.807, 2.05) is 26.8 Å². The minimum Gasteiger partial charge on any atom is -0.355 e. The second-order valence-electron chi connectivity index (χ2n) is 8.43. The first-order valence-electron chi connectivity index (χ1n) is 10.1. The van der Waals surface area contributed by atoms with Crippen molar-refractivity contribution in [2.24, 2.45) is 0 Å². The molecule has 10 heteroatoms. The first-order valence-corrected chi connectivity index (χ1v) is 11.9. The SMILES string of the molecule is CC(C)(C)NC(=O)Nc1ccc(N2CCCN(S(=O)(=O)c3ccc(Cl)cc3)CC2)nc1. The zero-order valence-electron chi connectivity index (χ0n) is 17.9. The number of sulfonamides is 1. The summed E-state index contributed by atoms with van der Waals surface area (Å²) in [6.07, 6.45) is 2.28. The Morgan fingerprint density at radius 3 is 2.35 bits per heavy atom. The maximum atomic E-state index is 12.9. The highest BCUT2D eigenvalue weighted by Crippen LogP contribution is 2.22. The molecule has 1 aromatic carbocycles. The third kappa shape index (κ3) is 6.32. The van der Waals surface area contributed by atoms with E-state index in [0.717, 1.165) is 5.82 Å². The van der Waals surface area contributed by atoms with E-state index >= 15 is 0 Å². The van der Waals surface area contributed by atoms with E-state index in [2.05, 4.69) is 20.5 Å². The van der Waals surface area contributed by atoms with Crippen molar-refractivity contribution in [3.63, 3.8) is 0 Å². The lowest BCUT2D eigenvalue weighted by atomic mass is 10.1. The topological polar surface area (TPSA) is 94.6 Å². The maximum Gasteiger partial charge on any atom is 0.319 e. The van der Waals surface area contributed by atoms with Crippen molar-refractivity contribution in [3.8, 4) is 0 Å². The lowest BCUT2D eigenvalue weighted by Gasteiger charge is -2.23. The monoisotopic (exact) mass is 465 g/mol. The molecule has 0 spiro atoms. The van der Waals surface area contributed by atoms with Crippen LogP contribution in [-0.4, -0.2) is 55.5 Å². The van der Waals surface area contributed by atoms with Crippen molar-refractivity contribution in [1.82, 2.24) is 14.6 Å². The van der Waals surface area contributed by atoms with Gasteiger partial charge in [0.25, 0.3) is 0 Å². The molecule has 2 aromatic rings. The number of benzene rings is 1. The first-order chi connectivity index (χ1) is 14.5. The molecule has 31 heavy (non-hydrogen) atoms. The molecular formula is C21H28ClN5O3S. The number of pyridine rings is 1. The molecule has 168 valence electrons. The van der Waals surface area contributed by atoms with Gasteiger partial charge >= 0.3 is 6.03 Å². The predicted molar refractivity (Wildman–Crippen MR) is 123 cm³/mol. The summed E-state index contributed by atoms with van der Waals surface area (Å²) in [4.78, 5) is 18.7. The van der Waals surface area contributed by atoms with Crippen LogP contribution in [0.1, 0.15) is 27.2 Å². The molecule has 3 rings (SSSR count). The molecule has 1 saturated heterocycles. The quantitative estimate of drug-likeness (QED) is 0.719. The third-order valence-corrected chi connectivity index (χ3v) is 6.89. The summed E-state index contributed by atoms with van der Waals surface area (Å²) in [5, 5.41) is 6.09. The van der Waals surface area contributed by atoms with Crippen LogP contribution >= 0.6 is 11.6 Å². The number of halogens is 1. The van der Waals surface area contributed by atoms with Gasteiger partial charge in [-0.25, -0.2) is 18.2 Å². The second-order valence-corrected chi connectivity index (χ2v) is 10.8. The molecule has 1 aliphatic rings. The summed E-state index contributed by atoms with van der Waals surface area (Å²) in [5.41, 5.74) is 0.258. The summed E-state index contributed by atoms with van der Waals surface area (Å²) >= 11 is 5.88. The van der Waals surface area contributed by atoms with Crippen LogP contribution in [0.5, 0.6) is 0 Å². The molecule has 2 N–H and O–H groups in total. The molecule has 0 radical (unpaired) electrons.